The predicted molar refractivity (Wildman–Crippen MR) is 60.1 cm³/mol. The summed E-state index contributed by atoms with van der Waals surface area (Å²) in [7, 11) is 0. The molecule has 1 aromatic heterocycles. The third-order valence-corrected chi connectivity index (χ3v) is 4.10. The van der Waals surface area contributed by atoms with E-state index in [1.54, 1.807) is 11.3 Å². The first-order chi connectivity index (χ1) is 7.33. The van der Waals surface area contributed by atoms with Gasteiger partial charge in [0.2, 0.25) is 5.78 Å². The number of carbonyl (C=O) groups excluding carboxylic acids is 2. The number of thiophene rings is 1. The van der Waals surface area contributed by atoms with Gasteiger partial charge in [0.1, 0.15) is 0 Å². The minimum Gasteiger partial charge on any atom is -0.295 e. The highest BCUT2D eigenvalue weighted by Crippen LogP contribution is 2.39. The quantitative estimate of drug-likeness (QED) is 0.580. The van der Waals surface area contributed by atoms with Gasteiger partial charge in [-0.05, 0) is 30.2 Å². The molecule has 0 aliphatic heterocycles. The number of carbonyl (C=O) groups is 2. The molecule has 1 heterocycles. The highest BCUT2D eigenvalue weighted by molar-refractivity contribution is 7.10. The SMILES string of the molecule is O=CC(=O)C(c1cccs1)C1CCCC1. The Kier molecular flexibility index (Phi) is 3.31. The van der Waals surface area contributed by atoms with Crippen LogP contribution in [0.1, 0.15) is 36.5 Å². The Labute approximate surface area is 93.3 Å². The zero-order valence-corrected chi connectivity index (χ0v) is 9.33. The molecule has 1 aliphatic carbocycles. The maximum absolute atomic E-state index is 11.6. The fraction of sp³-hybridized carbons (Fsp3) is 0.500. The van der Waals surface area contributed by atoms with Crippen LogP contribution in [0.15, 0.2) is 17.5 Å². The summed E-state index contributed by atoms with van der Waals surface area (Å²) in [6, 6.07) is 3.91. The molecule has 1 unspecified atom stereocenters. The van der Waals surface area contributed by atoms with Crippen molar-refractivity contribution in [3.63, 3.8) is 0 Å². The first kappa shape index (κ1) is 10.6. The van der Waals surface area contributed by atoms with Crippen LogP contribution in [-0.2, 0) is 9.59 Å². The van der Waals surface area contributed by atoms with Crippen LogP contribution in [0, 0.1) is 5.92 Å². The number of ketones is 1. The Balaban J connectivity index is 2.23. The molecule has 3 heteroatoms. The van der Waals surface area contributed by atoms with Gasteiger partial charge >= 0.3 is 0 Å². The second-order valence-corrected chi connectivity index (χ2v) is 5.04. The van der Waals surface area contributed by atoms with Gasteiger partial charge in [0.15, 0.2) is 6.29 Å². The van der Waals surface area contributed by atoms with Gasteiger partial charge in [-0.2, -0.15) is 0 Å². The lowest BCUT2D eigenvalue weighted by Crippen LogP contribution is -2.20. The van der Waals surface area contributed by atoms with Crippen LogP contribution in [0.3, 0.4) is 0 Å². The monoisotopic (exact) mass is 222 g/mol. The average molecular weight is 222 g/mol. The number of Topliss-reactive ketones (excluding diaryl/α,β-unsaturated/α-hetero) is 1. The Hall–Kier alpha value is -0.960. The van der Waals surface area contributed by atoms with Crippen molar-refractivity contribution >= 4 is 23.4 Å². The van der Waals surface area contributed by atoms with Crippen LogP contribution in [0.5, 0.6) is 0 Å². The lowest BCUT2D eigenvalue weighted by atomic mass is 9.86. The lowest BCUT2D eigenvalue weighted by Gasteiger charge is -2.18. The van der Waals surface area contributed by atoms with E-state index in [4.69, 9.17) is 0 Å². The van der Waals surface area contributed by atoms with E-state index in [9.17, 15) is 9.59 Å². The molecule has 1 saturated carbocycles. The average Bonchev–Trinajstić information content (AvgIpc) is 2.90. The van der Waals surface area contributed by atoms with Gasteiger partial charge in [-0.15, -0.1) is 11.3 Å². The largest absolute Gasteiger partial charge is 0.295 e. The summed E-state index contributed by atoms with van der Waals surface area (Å²) in [6.45, 7) is 0. The van der Waals surface area contributed by atoms with Crippen molar-refractivity contribution in [1.82, 2.24) is 0 Å². The molecule has 0 N–H and O–H groups in total. The molecule has 1 aromatic rings. The minimum absolute atomic E-state index is 0.162. The Morgan fingerprint density at radius 1 is 1.47 bits per heavy atom. The fourth-order valence-corrected chi connectivity index (χ4v) is 3.36. The number of hydrogen-bond donors (Lipinski definition) is 0. The van der Waals surface area contributed by atoms with E-state index in [1.807, 2.05) is 17.5 Å². The molecule has 0 aromatic carbocycles. The maximum Gasteiger partial charge on any atom is 0.203 e. The number of aldehydes is 1. The van der Waals surface area contributed by atoms with Gasteiger partial charge < -0.3 is 0 Å². The molecule has 15 heavy (non-hydrogen) atoms. The highest BCUT2D eigenvalue weighted by atomic mass is 32.1. The van der Waals surface area contributed by atoms with E-state index >= 15 is 0 Å². The third-order valence-electron chi connectivity index (χ3n) is 3.14. The topological polar surface area (TPSA) is 34.1 Å². The predicted octanol–water partition coefficient (Wildman–Crippen LogP) is 2.79. The molecule has 0 saturated heterocycles. The van der Waals surface area contributed by atoms with E-state index in [2.05, 4.69) is 0 Å². The standard InChI is InChI=1S/C12H14O2S/c13-8-10(14)12(9-4-1-2-5-9)11-6-3-7-15-11/h3,6-9,12H,1-2,4-5H2. The Morgan fingerprint density at radius 2 is 2.20 bits per heavy atom. The van der Waals surface area contributed by atoms with Crippen LogP contribution in [0.4, 0.5) is 0 Å². The van der Waals surface area contributed by atoms with Crippen molar-refractivity contribution in [2.75, 3.05) is 0 Å². The molecule has 1 aliphatic rings. The summed E-state index contributed by atoms with van der Waals surface area (Å²) >= 11 is 1.58. The first-order valence-corrected chi connectivity index (χ1v) is 6.23. The third kappa shape index (κ3) is 2.17. The molecule has 0 radical (unpaired) electrons. The normalized spacial score (nSPS) is 18.9. The highest BCUT2D eigenvalue weighted by Gasteiger charge is 2.32. The molecule has 80 valence electrons. The van der Waals surface area contributed by atoms with E-state index < -0.39 is 0 Å². The summed E-state index contributed by atoms with van der Waals surface area (Å²) in [6.07, 6.45) is 5.05. The van der Waals surface area contributed by atoms with Crippen LogP contribution in [-0.4, -0.2) is 12.1 Å². The molecule has 0 bridgehead atoms. The molecule has 0 spiro atoms. The summed E-state index contributed by atoms with van der Waals surface area (Å²) in [5.41, 5.74) is 0. The van der Waals surface area contributed by atoms with Gasteiger partial charge in [-0.3, -0.25) is 9.59 Å². The molecular formula is C12H14O2S. The number of hydrogen-bond acceptors (Lipinski definition) is 3. The van der Waals surface area contributed by atoms with Crippen LogP contribution in [0.2, 0.25) is 0 Å². The van der Waals surface area contributed by atoms with Gasteiger partial charge in [0.25, 0.3) is 0 Å². The van der Waals surface area contributed by atoms with Crippen molar-refractivity contribution in [2.24, 2.45) is 5.92 Å². The summed E-state index contributed by atoms with van der Waals surface area (Å²) in [5.74, 6) is -0.0179. The van der Waals surface area contributed by atoms with Gasteiger partial charge in [0, 0.05) is 4.88 Å². The Morgan fingerprint density at radius 3 is 2.73 bits per heavy atom. The molecule has 2 nitrogen and oxygen atoms in total. The molecule has 0 amide bonds. The second kappa shape index (κ2) is 4.71. The summed E-state index contributed by atoms with van der Waals surface area (Å²) in [4.78, 5) is 23.3. The second-order valence-electron chi connectivity index (χ2n) is 4.06. The number of rotatable bonds is 4. The minimum atomic E-state index is -0.246. The van der Waals surface area contributed by atoms with Crippen LogP contribution < -0.4 is 0 Å². The summed E-state index contributed by atoms with van der Waals surface area (Å²) < 4.78 is 0. The molecule has 1 fully saturated rings. The zero-order valence-electron chi connectivity index (χ0n) is 8.52. The van der Waals surface area contributed by atoms with Crippen molar-refractivity contribution < 1.29 is 9.59 Å². The maximum atomic E-state index is 11.6. The van der Waals surface area contributed by atoms with Crippen molar-refractivity contribution in [3.05, 3.63) is 22.4 Å². The van der Waals surface area contributed by atoms with Gasteiger partial charge in [0.05, 0.1) is 5.92 Å². The first-order valence-electron chi connectivity index (χ1n) is 5.35. The van der Waals surface area contributed by atoms with E-state index in [1.165, 1.54) is 12.8 Å². The van der Waals surface area contributed by atoms with E-state index in [0.29, 0.717) is 12.2 Å². The lowest BCUT2D eigenvalue weighted by molar-refractivity contribution is -0.131. The van der Waals surface area contributed by atoms with Crippen molar-refractivity contribution in [2.45, 2.75) is 31.6 Å². The molecular weight excluding hydrogens is 208 g/mol. The van der Waals surface area contributed by atoms with Gasteiger partial charge in [-0.1, -0.05) is 18.9 Å². The molecule has 2 rings (SSSR count). The van der Waals surface area contributed by atoms with E-state index in [0.717, 1.165) is 17.7 Å². The zero-order chi connectivity index (χ0) is 10.7. The summed E-state index contributed by atoms with van der Waals surface area (Å²) in [5, 5.41) is 1.97. The molecule has 1 atom stereocenters. The Bertz CT molecular complexity index is 337. The van der Waals surface area contributed by atoms with E-state index in [-0.39, 0.29) is 11.7 Å². The van der Waals surface area contributed by atoms with Crippen LogP contribution in [0.25, 0.3) is 0 Å². The van der Waals surface area contributed by atoms with Crippen LogP contribution >= 0.6 is 11.3 Å². The smallest absolute Gasteiger partial charge is 0.203 e. The van der Waals surface area contributed by atoms with Crippen molar-refractivity contribution in [1.29, 1.82) is 0 Å². The fourth-order valence-electron chi connectivity index (χ4n) is 2.44. The van der Waals surface area contributed by atoms with Gasteiger partial charge in [-0.25, -0.2) is 0 Å². The van der Waals surface area contributed by atoms with Crippen molar-refractivity contribution in [3.8, 4) is 0 Å².